The van der Waals surface area contributed by atoms with Crippen molar-refractivity contribution in [3.8, 4) is 0 Å². The molecule has 0 amide bonds. The topological polar surface area (TPSA) is 66.4 Å². The van der Waals surface area contributed by atoms with E-state index in [2.05, 4.69) is 4.72 Å². The third kappa shape index (κ3) is 2.83. The molecular formula is C11H13ClFNO3S. The van der Waals surface area contributed by atoms with Gasteiger partial charge in [0, 0.05) is 23.6 Å². The van der Waals surface area contributed by atoms with Crippen molar-refractivity contribution in [3.05, 3.63) is 29.0 Å². The van der Waals surface area contributed by atoms with Crippen LogP contribution in [0.1, 0.15) is 12.8 Å². The van der Waals surface area contributed by atoms with Gasteiger partial charge in [-0.2, -0.15) is 0 Å². The number of hydrogen-bond acceptors (Lipinski definition) is 3. The van der Waals surface area contributed by atoms with Gasteiger partial charge in [0.05, 0.1) is 0 Å². The van der Waals surface area contributed by atoms with Gasteiger partial charge in [-0.05, 0) is 31.0 Å². The van der Waals surface area contributed by atoms with Gasteiger partial charge >= 0.3 is 0 Å². The van der Waals surface area contributed by atoms with Crippen LogP contribution >= 0.6 is 11.6 Å². The zero-order chi connectivity index (χ0) is 13.4. The molecule has 0 bridgehead atoms. The van der Waals surface area contributed by atoms with Crippen molar-refractivity contribution >= 4 is 21.6 Å². The molecule has 0 spiro atoms. The van der Waals surface area contributed by atoms with Gasteiger partial charge in [0.1, 0.15) is 10.7 Å². The molecule has 1 aromatic rings. The van der Waals surface area contributed by atoms with Crippen LogP contribution in [0.2, 0.25) is 5.02 Å². The van der Waals surface area contributed by atoms with Gasteiger partial charge in [0.15, 0.2) is 0 Å². The molecule has 18 heavy (non-hydrogen) atoms. The fourth-order valence-corrected chi connectivity index (χ4v) is 2.96. The predicted octanol–water partition coefficient (Wildman–Crippen LogP) is 1.53. The molecule has 1 aliphatic carbocycles. The van der Waals surface area contributed by atoms with Crippen molar-refractivity contribution in [1.82, 2.24) is 4.72 Å². The minimum absolute atomic E-state index is 0.0708. The third-order valence-corrected chi connectivity index (χ3v) is 4.78. The summed E-state index contributed by atoms with van der Waals surface area (Å²) in [5.41, 5.74) is -0.365. The van der Waals surface area contributed by atoms with Crippen molar-refractivity contribution in [1.29, 1.82) is 0 Å². The van der Waals surface area contributed by atoms with Crippen molar-refractivity contribution in [2.45, 2.75) is 17.7 Å². The molecule has 1 aromatic carbocycles. The summed E-state index contributed by atoms with van der Waals surface area (Å²) >= 11 is 5.56. The Morgan fingerprint density at radius 2 is 2.11 bits per heavy atom. The molecule has 4 nitrogen and oxygen atoms in total. The summed E-state index contributed by atoms with van der Waals surface area (Å²) < 4.78 is 39.6. The third-order valence-electron chi connectivity index (χ3n) is 3.11. The summed E-state index contributed by atoms with van der Waals surface area (Å²) in [6.45, 7) is 0.0481. The first-order valence-electron chi connectivity index (χ1n) is 5.44. The number of hydrogen-bond donors (Lipinski definition) is 2. The summed E-state index contributed by atoms with van der Waals surface area (Å²) in [4.78, 5) is -0.430. The molecule has 0 aliphatic heterocycles. The van der Waals surface area contributed by atoms with E-state index in [1.165, 1.54) is 6.07 Å². The van der Waals surface area contributed by atoms with E-state index in [-0.39, 0.29) is 23.6 Å². The van der Waals surface area contributed by atoms with Crippen LogP contribution in [0.3, 0.4) is 0 Å². The van der Waals surface area contributed by atoms with Gasteiger partial charge in [-0.15, -0.1) is 0 Å². The van der Waals surface area contributed by atoms with Gasteiger partial charge in [0.2, 0.25) is 10.0 Å². The van der Waals surface area contributed by atoms with Crippen molar-refractivity contribution in [3.63, 3.8) is 0 Å². The van der Waals surface area contributed by atoms with E-state index >= 15 is 0 Å². The standard InChI is InChI=1S/C11H13ClFNO3S/c12-8-1-2-10(9(13)5-8)18(16,17)14-6-11(7-15)3-4-11/h1-2,5,14-15H,3-4,6-7H2. The smallest absolute Gasteiger partial charge is 0.243 e. The Balaban J connectivity index is 2.15. The Hall–Kier alpha value is -0.690. The fraction of sp³-hybridized carbons (Fsp3) is 0.455. The van der Waals surface area contributed by atoms with E-state index in [0.29, 0.717) is 0 Å². The highest BCUT2D eigenvalue weighted by molar-refractivity contribution is 7.89. The van der Waals surface area contributed by atoms with Crippen LogP contribution in [-0.2, 0) is 10.0 Å². The maximum Gasteiger partial charge on any atom is 0.243 e. The van der Waals surface area contributed by atoms with Crippen molar-refractivity contribution < 1.29 is 17.9 Å². The Kier molecular flexibility index (Phi) is 3.64. The maximum atomic E-state index is 13.5. The molecule has 0 radical (unpaired) electrons. The summed E-state index contributed by atoms with van der Waals surface area (Å²) in [6, 6.07) is 3.39. The quantitative estimate of drug-likeness (QED) is 0.865. The van der Waals surface area contributed by atoms with E-state index in [1.807, 2.05) is 0 Å². The average Bonchev–Trinajstić information content (AvgIpc) is 3.07. The molecule has 0 heterocycles. The molecule has 100 valence electrons. The zero-order valence-corrected chi connectivity index (χ0v) is 11.1. The Morgan fingerprint density at radius 3 is 2.61 bits per heavy atom. The van der Waals surface area contributed by atoms with Crippen LogP contribution in [0.4, 0.5) is 4.39 Å². The lowest BCUT2D eigenvalue weighted by atomic mass is 10.1. The fourth-order valence-electron chi connectivity index (χ4n) is 1.59. The molecule has 1 fully saturated rings. The second-order valence-electron chi connectivity index (χ2n) is 4.56. The largest absolute Gasteiger partial charge is 0.396 e. The normalized spacial score (nSPS) is 17.7. The number of aliphatic hydroxyl groups excluding tert-OH is 1. The first-order chi connectivity index (χ1) is 8.38. The van der Waals surface area contributed by atoms with E-state index in [4.69, 9.17) is 16.7 Å². The van der Waals surface area contributed by atoms with Gasteiger partial charge in [0.25, 0.3) is 0 Å². The van der Waals surface area contributed by atoms with Crippen LogP contribution in [0, 0.1) is 11.2 Å². The van der Waals surface area contributed by atoms with Crippen LogP contribution in [0.25, 0.3) is 0 Å². The molecular weight excluding hydrogens is 281 g/mol. The molecule has 0 atom stereocenters. The van der Waals surface area contributed by atoms with E-state index in [0.717, 1.165) is 25.0 Å². The highest BCUT2D eigenvalue weighted by atomic mass is 35.5. The average molecular weight is 294 g/mol. The van der Waals surface area contributed by atoms with Gasteiger partial charge < -0.3 is 5.11 Å². The molecule has 0 aromatic heterocycles. The summed E-state index contributed by atoms with van der Waals surface area (Å²) in [5, 5.41) is 9.23. The highest BCUT2D eigenvalue weighted by Gasteiger charge is 2.42. The van der Waals surface area contributed by atoms with Crippen LogP contribution in [0.15, 0.2) is 23.1 Å². The van der Waals surface area contributed by atoms with Gasteiger partial charge in [-0.3, -0.25) is 0 Å². The van der Waals surface area contributed by atoms with E-state index < -0.39 is 20.7 Å². The lowest BCUT2D eigenvalue weighted by Gasteiger charge is -2.13. The molecule has 0 unspecified atom stereocenters. The first kappa shape index (κ1) is 13.7. The predicted molar refractivity (Wildman–Crippen MR) is 65.4 cm³/mol. The molecule has 2 rings (SSSR count). The molecule has 7 heteroatoms. The number of nitrogens with one attached hydrogen (secondary N) is 1. The number of rotatable bonds is 5. The highest BCUT2D eigenvalue weighted by Crippen LogP contribution is 2.44. The Morgan fingerprint density at radius 1 is 1.44 bits per heavy atom. The van der Waals surface area contributed by atoms with Gasteiger partial charge in [-0.1, -0.05) is 11.6 Å². The maximum absolute atomic E-state index is 13.5. The summed E-state index contributed by atoms with van der Waals surface area (Å²) in [7, 11) is -3.91. The van der Waals surface area contributed by atoms with Crippen molar-refractivity contribution in [2.75, 3.05) is 13.2 Å². The Bertz CT molecular complexity index is 557. The van der Waals surface area contributed by atoms with Crippen LogP contribution in [0.5, 0.6) is 0 Å². The summed E-state index contributed by atoms with van der Waals surface area (Å²) in [6.07, 6.45) is 1.55. The SMILES string of the molecule is O=S(=O)(NCC1(CO)CC1)c1ccc(Cl)cc1F. The minimum atomic E-state index is -3.91. The van der Waals surface area contributed by atoms with Crippen LogP contribution in [-0.4, -0.2) is 26.7 Å². The molecule has 1 saturated carbocycles. The Labute approximate surface area is 110 Å². The van der Waals surface area contributed by atoms with Crippen molar-refractivity contribution in [2.24, 2.45) is 5.41 Å². The number of benzene rings is 1. The molecule has 1 aliphatic rings. The van der Waals surface area contributed by atoms with E-state index in [1.54, 1.807) is 0 Å². The van der Waals surface area contributed by atoms with Crippen LogP contribution < -0.4 is 4.72 Å². The number of aliphatic hydroxyl groups is 1. The lowest BCUT2D eigenvalue weighted by Crippen LogP contribution is -2.32. The lowest BCUT2D eigenvalue weighted by molar-refractivity contribution is 0.213. The monoisotopic (exact) mass is 293 g/mol. The van der Waals surface area contributed by atoms with Gasteiger partial charge in [-0.25, -0.2) is 17.5 Å². The second-order valence-corrected chi connectivity index (χ2v) is 6.73. The zero-order valence-electron chi connectivity index (χ0n) is 9.49. The minimum Gasteiger partial charge on any atom is -0.396 e. The first-order valence-corrected chi connectivity index (χ1v) is 7.30. The number of sulfonamides is 1. The molecule has 0 saturated heterocycles. The number of halogens is 2. The summed E-state index contributed by atoms with van der Waals surface area (Å²) in [5.74, 6) is -0.885. The second kappa shape index (κ2) is 4.77. The van der Waals surface area contributed by atoms with E-state index in [9.17, 15) is 12.8 Å². The molecule has 2 N–H and O–H groups in total.